The Hall–Kier alpha value is -0.610. The van der Waals surface area contributed by atoms with E-state index in [4.69, 9.17) is 4.74 Å². The highest BCUT2D eigenvalue weighted by molar-refractivity contribution is 5.81. The second-order valence-electron chi connectivity index (χ2n) is 5.38. The lowest BCUT2D eigenvalue weighted by Gasteiger charge is -2.24. The van der Waals surface area contributed by atoms with Gasteiger partial charge >= 0.3 is 0 Å². The molecule has 1 fully saturated rings. The molecule has 0 aliphatic carbocycles. The van der Waals surface area contributed by atoms with E-state index in [1.165, 1.54) is 12.8 Å². The van der Waals surface area contributed by atoms with Crippen LogP contribution < -0.4 is 5.32 Å². The first-order valence-corrected chi connectivity index (χ1v) is 7.85. The molecule has 0 aromatic rings. The van der Waals surface area contributed by atoms with Crippen molar-refractivity contribution in [2.45, 2.75) is 58.4 Å². The van der Waals surface area contributed by atoms with Crippen molar-refractivity contribution in [2.24, 2.45) is 0 Å². The van der Waals surface area contributed by atoms with Gasteiger partial charge in [0.1, 0.15) is 0 Å². The molecule has 19 heavy (non-hydrogen) atoms. The zero-order chi connectivity index (χ0) is 13.9. The van der Waals surface area contributed by atoms with Gasteiger partial charge in [0, 0.05) is 26.3 Å². The Labute approximate surface area is 117 Å². The summed E-state index contributed by atoms with van der Waals surface area (Å²) < 4.78 is 5.42. The molecule has 1 atom stereocenters. The molecule has 0 aromatic carbocycles. The number of amides is 1. The van der Waals surface area contributed by atoms with Crippen LogP contribution in [-0.2, 0) is 9.53 Å². The summed E-state index contributed by atoms with van der Waals surface area (Å²) in [6, 6.07) is -0.0655. The van der Waals surface area contributed by atoms with Gasteiger partial charge in [-0.25, -0.2) is 0 Å². The van der Waals surface area contributed by atoms with Crippen LogP contribution in [0.4, 0.5) is 0 Å². The van der Waals surface area contributed by atoms with E-state index in [2.05, 4.69) is 12.2 Å². The maximum atomic E-state index is 12.2. The number of ether oxygens (including phenoxy) is 1. The largest absolute Gasteiger partial charge is 0.381 e. The molecule has 1 N–H and O–H groups in total. The average Bonchev–Trinajstić information content (AvgIpc) is 2.70. The summed E-state index contributed by atoms with van der Waals surface area (Å²) in [6.45, 7) is 8.42. The van der Waals surface area contributed by atoms with Crippen LogP contribution in [-0.4, -0.2) is 49.7 Å². The van der Waals surface area contributed by atoms with E-state index in [-0.39, 0.29) is 11.9 Å². The van der Waals surface area contributed by atoms with Gasteiger partial charge in [0.05, 0.1) is 6.04 Å². The number of hydrogen-bond acceptors (Lipinski definition) is 3. The predicted molar refractivity (Wildman–Crippen MR) is 78.2 cm³/mol. The topological polar surface area (TPSA) is 41.6 Å². The maximum Gasteiger partial charge on any atom is 0.239 e. The highest BCUT2D eigenvalue weighted by Crippen LogP contribution is 2.10. The molecule has 0 radical (unpaired) electrons. The molecule has 1 rings (SSSR count). The molecule has 0 aromatic heterocycles. The SMILES string of the molecule is CCCOCCCNC(C)C(=O)N1CCCCCC1. The minimum absolute atomic E-state index is 0.0655. The number of carbonyl (C=O) groups is 1. The van der Waals surface area contributed by atoms with E-state index in [9.17, 15) is 4.79 Å². The Morgan fingerprint density at radius 3 is 2.53 bits per heavy atom. The average molecular weight is 270 g/mol. The zero-order valence-electron chi connectivity index (χ0n) is 12.6. The van der Waals surface area contributed by atoms with Gasteiger partial charge in [-0.15, -0.1) is 0 Å². The summed E-state index contributed by atoms with van der Waals surface area (Å²) in [4.78, 5) is 14.3. The van der Waals surface area contributed by atoms with Gasteiger partial charge in [-0.05, 0) is 39.2 Å². The lowest BCUT2D eigenvalue weighted by molar-refractivity contribution is -0.133. The molecular formula is C15H30N2O2. The van der Waals surface area contributed by atoms with Crippen LogP contribution in [0.2, 0.25) is 0 Å². The molecule has 1 amide bonds. The zero-order valence-corrected chi connectivity index (χ0v) is 12.6. The van der Waals surface area contributed by atoms with E-state index >= 15 is 0 Å². The highest BCUT2D eigenvalue weighted by Gasteiger charge is 2.20. The molecule has 0 saturated carbocycles. The van der Waals surface area contributed by atoms with E-state index in [0.717, 1.165) is 58.5 Å². The number of nitrogens with zero attached hydrogens (tertiary/aromatic N) is 1. The van der Waals surface area contributed by atoms with Crippen LogP contribution in [0.1, 0.15) is 52.4 Å². The molecule has 112 valence electrons. The van der Waals surface area contributed by atoms with Crippen molar-refractivity contribution in [2.75, 3.05) is 32.8 Å². The van der Waals surface area contributed by atoms with Crippen molar-refractivity contribution < 1.29 is 9.53 Å². The van der Waals surface area contributed by atoms with Crippen molar-refractivity contribution in [1.82, 2.24) is 10.2 Å². The molecule has 1 aliphatic heterocycles. The van der Waals surface area contributed by atoms with Gasteiger partial charge < -0.3 is 15.0 Å². The Balaban J connectivity index is 2.13. The number of likely N-dealkylation sites (tertiary alicyclic amines) is 1. The first kappa shape index (κ1) is 16.4. The monoisotopic (exact) mass is 270 g/mol. The quantitative estimate of drug-likeness (QED) is 0.687. The summed E-state index contributed by atoms with van der Waals surface area (Å²) in [5, 5.41) is 3.31. The minimum atomic E-state index is -0.0655. The van der Waals surface area contributed by atoms with Crippen molar-refractivity contribution in [3.63, 3.8) is 0 Å². The molecule has 1 unspecified atom stereocenters. The van der Waals surface area contributed by atoms with E-state index in [0.29, 0.717) is 0 Å². The van der Waals surface area contributed by atoms with E-state index < -0.39 is 0 Å². The standard InChI is InChI=1S/C15H30N2O2/c1-3-12-19-13-8-9-16-14(2)15(18)17-10-6-4-5-7-11-17/h14,16H,3-13H2,1-2H3. The molecule has 4 nitrogen and oxygen atoms in total. The fourth-order valence-corrected chi connectivity index (χ4v) is 2.39. The number of hydrogen-bond donors (Lipinski definition) is 1. The smallest absolute Gasteiger partial charge is 0.239 e. The van der Waals surface area contributed by atoms with Gasteiger partial charge in [-0.2, -0.15) is 0 Å². The van der Waals surface area contributed by atoms with Crippen LogP contribution in [0.15, 0.2) is 0 Å². The summed E-state index contributed by atoms with van der Waals surface area (Å²) in [6.07, 6.45) is 6.88. The van der Waals surface area contributed by atoms with Crippen molar-refractivity contribution in [3.05, 3.63) is 0 Å². The van der Waals surface area contributed by atoms with E-state index in [1.807, 2.05) is 11.8 Å². The Morgan fingerprint density at radius 1 is 1.21 bits per heavy atom. The second-order valence-corrected chi connectivity index (χ2v) is 5.38. The lowest BCUT2D eigenvalue weighted by atomic mass is 10.2. The summed E-state index contributed by atoms with van der Waals surface area (Å²) in [5.41, 5.74) is 0. The van der Waals surface area contributed by atoms with Crippen LogP contribution >= 0.6 is 0 Å². The number of nitrogens with one attached hydrogen (secondary N) is 1. The second kappa shape index (κ2) is 10.2. The Kier molecular flexibility index (Phi) is 8.84. The minimum Gasteiger partial charge on any atom is -0.381 e. The van der Waals surface area contributed by atoms with Crippen LogP contribution in [0, 0.1) is 0 Å². The highest BCUT2D eigenvalue weighted by atomic mass is 16.5. The van der Waals surface area contributed by atoms with Gasteiger partial charge in [0.15, 0.2) is 0 Å². The number of carbonyl (C=O) groups excluding carboxylic acids is 1. The molecule has 0 bridgehead atoms. The van der Waals surface area contributed by atoms with Crippen LogP contribution in [0.5, 0.6) is 0 Å². The third-order valence-electron chi connectivity index (χ3n) is 3.55. The summed E-state index contributed by atoms with van der Waals surface area (Å²) in [5.74, 6) is 0.261. The Morgan fingerprint density at radius 2 is 1.89 bits per heavy atom. The molecule has 1 heterocycles. The van der Waals surface area contributed by atoms with Gasteiger partial charge in [0.2, 0.25) is 5.91 Å². The van der Waals surface area contributed by atoms with Gasteiger partial charge in [-0.3, -0.25) is 4.79 Å². The molecule has 1 saturated heterocycles. The molecule has 0 spiro atoms. The first-order chi connectivity index (χ1) is 9.25. The van der Waals surface area contributed by atoms with Crippen molar-refractivity contribution >= 4 is 5.91 Å². The molecular weight excluding hydrogens is 240 g/mol. The summed E-state index contributed by atoms with van der Waals surface area (Å²) >= 11 is 0. The summed E-state index contributed by atoms with van der Waals surface area (Å²) in [7, 11) is 0. The predicted octanol–water partition coefficient (Wildman–Crippen LogP) is 2.18. The maximum absolute atomic E-state index is 12.2. The normalized spacial score (nSPS) is 18.1. The molecule has 4 heteroatoms. The van der Waals surface area contributed by atoms with Gasteiger partial charge in [-0.1, -0.05) is 19.8 Å². The van der Waals surface area contributed by atoms with Crippen LogP contribution in [0.3, 0.4) is 0 Å². The fraction of sp³-hybridized carbons (Fsp3) is 0.933. The third kappa shape index (κ3) is 6.92. The third-order valence-corrected chi connectivity index (χ3v) is 3.55. The van der Waals surface area contributed by atoms with Crippen molar-refractivity contribution in [3.8, 4) is 0 Å². The van der Waals surface area contributed by atoms with Crippen LogP contribution in [0.25, 0.3) is 0 Å². The van der Waals surface area contributed by atoms with Crippen molar-refractivity contribution in [1.29, 1.82) is 0 Å². The van der Waals surface area contributed by atoms with E-state index in [1.54, 1.807) is 0 Å². The Bertz CT molecular complexity index is 238. The fourth-order valence-electron chi connectivity index (χ4n) is 2.39. The molecule has 1 aliphatic rings. The number of rotatable bonds is 8. The lowest BCUT2D eigenvalue weighted by Crippen LogP contribution is -2.45. The first-order valence-electron chi connectivity index (χ1n) is 7.85. The van der Waals surface area contributed by atoms with Gasteiger partial charge in [0.25, 0.3) is 0 Å².